The molecule has 0 aliphatic rings. The van der Waals surface area contributed by atoms with Crippen molar-refractivity contribution in [2.75, 3.05) is 31.3 Å². The Morgan fingerprint density at radius 1 is 1.08 bits per heavy atom. The third kappa shape index (κ3) is 6.47. The van der Waals surface area contributed by atoms with E-state index in [4.69, 9.17) is 16.3 Å². The number of halogens is 1. The lowest BCUT2D eigenvalue weighted by atomic mass is 10.1. The quantitative estimate of drug-likeness (QED) is 0.273. The molecule has 0 spiro atoms. The molecule has 1 amide bonds. The molecule has 4 rings (SSSR count). The van der Waals surface area contributed by atoms with Crippen LogP contribution in [-0.4, -0.2) is 44.3 Å². The maximum Gasteiger partial charge on any atom is 0.243 e. The summed E-state index contributed by atoms with van der Waals surface area (Å²) in [5, 5.41) is 8.90. The van der Waals surface area contributed by atoms with E-state index in [1.165, 1.54) is 42.7 Å². The van der Waals surface area contributed by atoms with Gasteiger partial charge in [0.2, 0.25) is 15.9 Å². The molecule has 0 radical (unpaired) electrons. The van der Waals surface area contributed by atoms with E-state index in [2.05, 4.69) is 15.6 Å². The van der Waals surface area contributed by atoms with Crippen LogP contribution in [0, 0.1) is 0 Å². The van der Waals surface area contributed by atoms with Gasteiger partial charge in [-0.05, 0) is 48.0 Å². The number of benzene rings is 3. The Kier molecular flexibility index (Phi) is 8.45. The van der Waals surface area contributed by atoms with E-state index in [0.717, 1.165) is 26.3 Å². The van der Waals surface area contributed by atoms with Crippen LogP contribution in [0.3, 0.4) is 0 Å². The summed E-state index contributed by atoms with van der Waals surface area (Å²) in [5.74, 6) is -0.0746. The first-order valence-corrected chi connectivity index (χ1v) is 13.9. The Hall–Kier alpha value is -3.44. The molecule has 0 fully saturated rings. The highest BCUT2D eigenvalue weighted by atomic mass is 35.5. The third-order valence-corrected chi connectivity index (χ3v) is 8.38. The standard InChI is InChI=1S/C26H25ClN4O4S2/c1-28-26-30-23(17-36-26)19-8-13-24(35-2)22(14-19)29-25(32)16-31(15-18-6-4-3-5-7-18)37(33,34)21-11-9-20(27)10-12-21/h3-14,17H,15-16H2,1-2H3,(H,28,30)(H,29,32). The van der Waals surface area contributed by atoms with Crippen molar-refractivity contribution < 1.29 is 17.9 Å². The van der Waals surface area contributed by atoms with Gasteiger partial charge in [-0.15, -0.1) is 11.3 Å². The second-order valence-corrected chi connectivity index (χ2v) is 11.2. The van der Waals surface area contributed by atoms with Crippen LogP contribution in [0.1, 0.15) is 5.56 Å². The SMILES string of the molecule is CNc1nc(-c2ccc(OC)c(NC(=O)CN(Cc3ccccc3)S(=O)(=O)c3ccc(Cl)cc3)c2)cs1. The van der Waals surface area contributed by atoms with Gasteiger partial charge in [0.25, 0.3) is 0 Å². The second kappa shape index (κ2) is 11.7. The fourth-order valence-electron chi connectivity index (χ4n) is 3.60. The van der Waals surface area contributed by atoms with E-state index in [9.17, 15) is 13.2 Å². The van der Waals surface area contributed by atoms with Gasteiger partial charge in [0.15, 0.2) is 5.13 Å². The smallest absolute Gasteiger partial charge is 0.243 e. The number of nitrogens with one attached hydrogen (secondary N) is 2. The zero-order chi connectivity index (χ0) is 26.4. The summed E-state index contributed by atoms with van der Waals surface area (Å²) in [4.78, 5) is 17.7. The number of carbonyl (C=O) groups excluding carboxylic acids is 1. The van der Waals surface area contributed by atoms with Gasteiger partial charge in [0.05, 0.1) is 29.9 Å². The lowest BCUT2D eigenvalue weighted by Crippen LogP contribution is -2.37. The molecule has 0 aliphatic heterocycles. The van der Waals surface area contributed by atoms with Crippen molar-refractivity contribution >= 4 is 49.7 Å². The van der Waals surface area contributed by atoms with Crippen molar-refractivity contribution in [1.82, 2.24) is 9.29 Å². The van der Waals surface area contributed by atoms with Gasteiger partial charge in [0.1, 0.15) is 5.75 Å². The number of ether oxygens (including phenoxy) is 1. The molecule has 1 heterocycles. The maximum atomic E-state index is 13.5. The van der Waals surface area contributed by atoms with Crippen LogP contribution in [-0.2, 0) is 21.4 Å². The highest BCUT2D eigenvalue weighted by molar-refractivity contribution is 7.89. The van der Waals surface area contributed by atoms with Crippen LogP contribution in [0.25, 0.3) is 11.3 Å². The van der Waals surface area contributed by atoms with E-state index in [-0.39, 0.29) is 11.4 Å². The minimum Gasteiger partial charge on any atom is -0.495 e. The summed E-state index contributed by atoms with van der Waals surface area (Å²) in [7, 11) is -0.711. The number of methoxy groups -OCH3 is 1. The number of carbonyl (C=O) groups is 1. The molecular formula is C26H25ClN4O4S2. The number of nitrogens with zero attached hydrogens (tertiary/aromatic N) is 2. The molecule has 192 valence electrons. The fraction of sp³-hybridized carbons (Fsp3) is 0.154. The van der Waals surface area contributed by atoms with Gasteiger partial charge >= 0.3 is 0 Å². The molecule has 3 aromatic carbocycles. The Morgan fingerprint density at radius 3 is 2.46 bits per heavy atom. The van der Waals surface area contributed by atoms with Gasteiger partial charge in [0, 0.05) is 29.6 Å². The average Bonchev–Trinajstić information content (AvgIpc) is 3.39. The first-order valence-electron chi connectivity index (χ1n) is 11.2. The summed E-state index contributed by atoms with van der Waals surface area (Å²) in [6.07, 6.45) is 0. The monoisotopic (exact) mass is 556 g/mol. The summed E-state index contributed by atoms with van der Waals surface area (Å²) in [6.45, 7) is -0.393. The topological polar surface area (TPSA) is 101 Å². The van der Waals surface area contributed by atoms with E-state index >= 15 is 0 Å². The van der Waals surface area contributed by atoms with Crippen molar-refractivity contribution in [3.8, 4) is 17.0 Å². The number of thiazole rings is 1. The highest BCUT2D eigenvalue weighted by Gasteiger charge is 2.27. The van der Waals surface area contributed by atoms with Crippen LogP contribution >= 0.6 is 22.9 Å². The highest BCUT2D eigenvalue weighted by Crippen LogP contribution is 2.32. The molecule has 4 aromatic rings. The minimum atomic E-state index is -4.00. The number of rotatable bonds is 10. The van der Waals surface area contributed by atoms with Crippen LogP contribution in [0.4, 0.5) is 10.8 Å². The Balaban J connectivity index is 1.61. The molecule has 0 saturated carbocycles. The molecule has 1 aromatic heterocycles. The molecule has 0 saturated heterocycles. The Morgan fingerprint density at radius 2 is 1.81 bits per heavy atom. The lowest BCUT2D eigenvalue weighted by molar-refractivity contribution is -0.116. The lowest BCUT2D eigenvalue weighted by Gasteiger charge is -2.22. The minimum absolute atomic E-state index is 0.0159. The van der Waals surface area contributed by atoms with E-state index < -0.39 is 22.5 Å². The molecular weight excluding hydrogens is 532 g/mol. The second-order valence-electron chi connectivity index (χ2n) is 7.96. The van der Waals surface area contributed by atoms with Crippen molar-refractivity contribution in [2.24, 2.45) is 0 Å². The van der Waals surface area contributed by atoms with Gasteiger partial charge in [-0.1, -0.05) is 41.9 Å². The first kappa shape index (κ1) is 26.6. The first-order chi connectivity index (χ1) is 17.8. The maximum absolute atomic E-state index is 13.5. The molecule has 0 bridgehead atoms. The Labute approximate surface area is 224 Å². The van der Waals surface area contributed by atoms with Crippen molar-refractivity contribution in [1.29, 1.82) is 0 Å². The normalized spacial score (nSPS) is 11.4. The number of hydrogen-bond donors (Lipinski definition) is 2. The molecule has 0 atom stereocenters. The molecule has 0 aliphatic carbocycles. The number of anilines is 2. The zero-order valence-corrected chi connectivity index (χ0v) is 22.5. The molecule has 37 heavy (non-hydrogen) atoms. The third-order valence-electron chi connectivity index (χ3n) is 5.46. The van der Waals surface area contributed by atoms with Crippen LogP contribution in [0.2, 0.25) is 5.02 Å². The van der Waals surface area contributed by atoms with Gasteiger partial charge in [-0.2, -0.15) is 4.31 Å². The van der Waals surface area contributed by atoms with Crippen LogP contribution in [0.15, 0.2) is 83.1 Å². The Bertz CT molecular complexity index is 1480. The fourth-order valence-corrected chi connectivity index (χ4v) is 5.80. The van der Waals surface area contributed by atoms with Gasteiger partial charge < -0.3 is 15.4 Å². The van der Waals surface area contributed by atoms with Crippen LogP contribution in [0.5, 0.6) is 5.75 Å². The number of amides is 1. The number of hydrogen-bond acceptors (Lipinski definition) is 7. The van der Waals surface area contributed by atoms with Crippen LogP contribution < -0.4 is 15.4 Å². The average molecular weight is 557 g/mol. The summed E-state index contributed by atoms with van der Waals surface area (Å²) < 4.78 is 33.5. The summed E-state index contributed by atoms with van der Waals surface area (Å²) in [5.41, 5.74) is 2.68. The van der Waals surface area contributed by atoms with Gasteiger partial charge in [-0.3, -0.25) is 4.79 Å². The predicted molar refractivity (Wildman–Crippen MR) is 148 cm³/mol. The molecule has 11 heteroatoms. The van der Waals surface area contributed by atoms with Crippen molar-refractivity contribution in [3.63, 3.8) is 0 Å². The van der Waals surface area contributed by atoms with Crippen molar-refractivity contribution in [3.05, 3.63) is 88.8 Å². The van der Waals surface area contributed by atoms with E-state index in [1.807, 2.05) is 41.8 Å². The zero-order valence-electron chi connectivity index (χ0n) is 20.1. The van der Waals surface area contributed by atoms with Crippen molar-refractivity contribution in [2.45, 2.75) is 11.4 Å². The summed E-state index contributed by atoms with van der Waals surface area (Å²) in [6, 6.07) is 20.3. The van der Waals surface area contributed by atoms with E-state index in [0.29, 0.717) is 16.5 Å². The summed E-state index contributed by atoms with van der Waals surface area (Å²) >= 11 is 7.41. The van der Waals surface area contributed by atoms with Gasteiger partial charge in [-0.25, -0.2) is 13.4 Å². The predicted octanol–water partition coefficient (Wildman–Crippen LogP) is 5.34. The molecule has 8 nitrogen and oxygen atoms in total. The largest absolute Gasteiger partial charge is 0.495 e. The number of sulfonamides is 1. The molecule has 0 unspecified atom stereocenters. The van der Waals surface area contributed by atoms with E-state index in [1.54, 1.807) is 19.2 Å². The number of aromatic nitrogens is 1. The molecule has 2 N–H and O–H groups in total.